The van der Waals surface area contributed by atoms with Crippen LogP contribution in [-0.4, -0.2) is 36.1 Å². The normalized spacial score (nSPS) is 42.4. The molecule has 2 heteroatoms. The highest BCUT2D eigenvalue weighted by Crippen LogP contribution is 2.38. The predicted octanol–water partition coefficient (Wildman–Crippen LogP) is 2.63. The molecule has 0 amide bonds. The summed E-state index contributed by atoms with van der Waals surface area (Å²) in [6, 6.07) is 1.02. The Morgan fingerprint density at radius 2 is 1.71 bits per heavy atom. The zero-order chi connectivity index (χ0) is 9.31. The van der Waals surface area contributed by atoms with Gasteiger partial charge in [0.2, 0.25) is 0 Å². The number of fused-ring (bicyclic) bond motifs is 1. The van der Waals surface area contributed by atoms with E-state index < -0.39 is 0 Å². The van der Waals surface area contributed by atoms with Crippen LogP contribution in [0.1, 0.15) is 45.4 Å². The summed E-state index contributed by atoms with van der Waals surface area (Å²) in [4.78, 5) is 0. The average Bonchev–Trinajstić information content (AvgIpc) is 2.19. The number of likely N-dealkylation sites (tertiary alicyclic amines) is 1. The first-order chi connectivity index (χ1) is 6.26. The molecular weight excluding hydrogens is 174 g/mol. The van der Waals surface area contributed by atoms with Crippen molar-refractivity contribution in [3.05, 3.63) is 0 Å². The fourth-order valence-corrected chi connectivity index (χ4v) is 3.62. The molecule has 2 aliphatic rings. The summed E-state index contributed by atoms with van der Waals surface area (Å²) in [6.07, 6.45) is 9.04. The topological polar surface area (TPSA) is 30.0 Å². The third-order valence-corrected chi connectivity index (χ3v) is 4.64. The molecule has 1 N–H and O–H groups in total. The molecule has 1 aliphatic carbocycles. The maximum Gasteiger partial charge on any atom is 0.0916 e. The number of piperidine rings is 1. The summed E-state index contributed by atoms with van der Waals surface area (Å²) in [6.45, 7) is 5.16. The van der Waals surface area contributed by atoms with Crippen LogP contribution in [0.3, 0.4) is 0 Å². The Morgan fingerprint density at radius 3 is 2.43 bits per heavy atom. The molecule has 0 radical (unpaired) electrons. The molecule has 1 heterocycles. The molecule has 0 spiro atoms. The number of hydrogen-bond donors (Lipinski definition) is 0. The molecule has 3 atom stereocenters. The molecule has 2 fully saturated rings. The van der Waals surface area contributed by atoms with Crippen LogP contribution in [0.25, 0.3) is 0 Å². The Kier molecular flexibility index (Phi) is 3.96. The van der Waals surface area contributed by atoms with E-state index in [-0.39, 0.29) is 5.48 Å². The molecule has 0 bridgehead atoms. The van der Waals surface area contributed by atoms with Gasteiger partial charge in [-0.15, -0.1) is 0 Å². The molecule has 14 heavy (non-hydrogen) atoms. The van der Waals surface area contributed by atoms with E-state index in [0.29, 0.717) is 0 Å². The molecule has 2 nitrogen and oxygen atoms in total. The highest BCUT2D eigenvalue weighted by atomic mass is 16.0. The van der Waals surface area contributed by atoms with Gasteiger partial charge < -0.3 is 9.96 Å². The Labute approximate surface area is 88.2 Å². The first-order valence-corrected chi connectivity index (χ1v) is 6.10. The van der Waals surface area contributed by atoms with Crippen LogP contribution in [-0.2, 0) is 0 Å². The van der Waals surface area contributed by atoms with Crippen molar-refractivity contribution >= 4 is 0 Å². The quantitative estimate of drug-likeness (QED) is 0.597. The van der Waals surface area contributed by atoms with E-state index >= 15 is 0 Å². The number of quaternary nitrogens is 1. The molecule has 1 saturated carbocycles. The van der Waals surface area contributed by atoms with Crippen LogP contribution in [0, 0.1) is 5.92 Å². The van der Waals surface area contributed by atoms with E-state index in [1.165, 1.54) is 56.1 Å². The highest BCUT2D eigenvalue weighted by Gasteiger charge is 2.41. The van der Waals surface area contributed by atoms with Gasteiger partial charge in [-0.05, 0) is 39.0 Å². The summed E-state index contributed by atoms with van der Waals surface area (Å²) in [5, 5.41) is 0. The standard InChI is InChI=1S/C12H24N.H2O/c1-3-13(2)10-6-8-11-7-4-5-9-12(11)13;/h11-12H,3-10H2,1-2H3;1H2/q+1;/p-1. The Bertz CT molecular complexity index is 181. The molecule has 0 aromatic heterocycles. The SMILES string of the molecule is CC[N+]1(C)CCCC2CCCCC21.[OH-]. The molecule has 1 saturated heterocycles. The fraction of sp³-hybridized carbons (Fsp3) is 1.00. The van der Waals surface area contributed by atoms with Crippen molar-refractivity contribution in [3.8, 4) is 0 Å². The van der Waals surface area contributed by atoms with Crippen molar-refractivity contribution in [2.45, 2.75) is 51.5 Å². The Hall–Kier alpha value is -0.0800. The van der Waals surface area contributed by atoms with Gasteiger partial charge in [0.25, 0.3) is 0 Å². The second-order valence-electron chi connectivity index (χ2n) is 5.27. The van der Waals surface area contributed by atoms with Crippen LogP contribution in [0.15, 0.2) is 0 Å². The van der Waals surface area contributed by atoms with Crippen molar-refractivity contribution in [2.24, 2.45) is 5.92 Å². The van der Waals surface area contributed by atoms with Crippen LogP contribution < -0.4 is 0 Å². The lowest BCUT2D eigenvalue weighted by molar-refractivity contribution is -0.941. The summed E-state index contributed by atoms with van der Waals surface area (Å²) >= 11 is 0. The second-order valence-corrected chi connectivity index (χ2v) is 5.27. The Balaban J connectivity index is 0.000000980. The lowest BCUT2D eigenvalue weighted by Gasteiger charge is -2.50. The molecule has 0 aromatic rings. The van der Waals surface area contributed by atoms with E-state index in [4.69, 9.17) is 0 Å². The van der Waals surface area contributed by atoms with E-state index in [9.17, 15) is 0 Å². The van der Waals surface area contributed by atoms with Gasteiger partial charge in [0.05, 0.1) is 26.2 Å². The van der Waals surface area contributed by atoms with Crippen LogP contribution >= 0.6 is 0 Å². The maximum atomic E-state index is 2.49. The highest BCUT2D eigenvalue weighted by molar-refractivity contribution is 4.79. The first-order valence-electron chi connectivity index (χ1n) is 6.10. The van der Waals surface area contributed by atoms with Gasteiger partial charge >= 0.3 is 0 Å². The monoisotopic (exact) mass is 199 g/mol. The number of hydrogen-bond acceptors (Lipinski definition) is 1. The van der Waals surface area contributed by atoms with Crippen LogP contribution in [0.2, 0.25) is 0 Å². The van der Waals surface area contributed by atoms with Gasteiger partial charge in [-0.3, -0.25) is 0 Å². The second kappa shape index (κ2) is 4.63. The van der Waals surface area contributed by atoms with Crippen molar-refractivity contribution in [1.82, 2.24) is 0 Å². The fourth-order valence-electron chi connectivity index (χ4n) is 3.62. The smallest absolute Gasteiger partial charge is 0.0916 e. The van der Waals surface area contributed by atoms with E-state index in [0.717, 1.165) is 12.0 Å². The van der Waals surface area contributed by atoms with E-state index in [1.807, 2.05) is 0 Å². The van der Waals surface area contributed by atoms with Crippen molar-refractivity contribution in [3.63, 3.8) is 0 Å². The zero-order valence-electron chi connectivity index (χ0n) is 9.71. The molecule has 1 aliphatic heterocycles. The zero-order valence-corrected chi connectivity index (χ0v) is 9.71. The van der Waals surface area contributed by atoms with Gasteiger partial charge in [0.1, 0.15) is 0 Å². The molecule has 3 unspecified atom stereocenters. The maximum absolute atomic E-state index is 2.49. The minimum absolute atomic E-state index is 0. The van der Waals surface area contributed by atoms with Crippen molar-refractivity contribution in [1.29, 1.82) is 0 Å². The number of nitrogens with zero attached hydrogens (tertiary/aromatic N) is 1. The van der Waals surface area contributed by atoms with Gasteiger partial charge in [-0.25, -0.2) is 0 Å². The molecule has 2 rings (SSSR count). The third-order valence-electron chi connectivity index (χ3n) is 4.64. The summed E-state index contributed by atoms with van der Waals surface area (Å²) < 4.78 is 1.38. The van der Waals surface area contributed by atoms with Gasteiger partial charge in [0, 0.05) is 5.92 Å². The third kappa shape index (κ3) is 1.96. The minimum atomic E-state index is 0. The molecule has 0 aromatic carbocycles. The largest absolute Gasteiger partial charge is 0.870 e. The number of rotatable bonds is 1. The lowest BCUT2D eigenvalue weighted by Crippen LogP contribution is -2.59. The first kappa shape index (κ1) is 12.0. The van der Waals surface area contributed by atoms with Crippen LogP contribution in [0.4, 0.5) is 0 Å². The van der Waals surface area contributed by atoms with Crippen molar-refractivity contribution in [2.75, 3.05) is 20.1 Å². The minimum Gasteiger partial charge on any atom is -0.870 e. The molecular formula is C12H25NO. The summed E-state index contributed by atoms with van der Waals surface area (Å²) in [5.41, 5.74) is 0. The summed E-state index contributed by atoms with van der Waals surface area (Å²) in [5.74, 6) is 1.08. The van der Waals surface area contributed by atoms with E-state index in [1.54, 1.807) is 0 Å². The van der Waals surface area contributed by atoms with Crippen molar-refractivity contribution < 1.29 is 9.96 Å². The van der Waals surface area contributed by atoms with Gasteiger partial charge in [-0.2, -0.15) is 0 Å². The van der Waals surface area contributed by atoms with Crippen LogP contribution in [0.5, 0.6) is 0 Å². The Morgan fingerprint density at radius 1 is 1.07 bits per heavy atom. The van der Waals surface area contributed by atoms with Gasteiger partial charge in [-0.1, -0.05) is 6.42 Å². The predicted molar refractivity (Wildman–Crippen MR) is 58.5 cm³/mol. The average molecular weight is 199 g/mol. The summed E-state index contributed by atoms with van der Waals surface area (Å²) in [7, 11) is 2.49. The van der Waals surface area contributed by atoms with Gasteiger partial charge in [0.15, 0.2) is 0 Å². The molecule has 84 valence electrons. The lowest BCUT2D eigenvalue weighted by atomic mass is 9.77. The van der Waals surface area contributed by atoms with E-state index in [2.05, 4.69) is 14.0 Å².